The summed E-state index contributed by atoms with van der Waals surface area (Å²) in [6.07, 6.45) is 4.66. The van der Waals surface area contributed by atoms with Crippen molar-refractivity contribution in [2.75, 3.05) is 6.79 Å². The molecule has 0 unspecified atom stereocenters. The van der Waals surface area contributed by atoms with E-state index in [9.17, 15) is 4.79 Å². The predicted octanol–water partition coefficient (Wildman–Crippen LogP) is 1.54. The van der Waals surface area contributed by atoms with Crippen molar-refractivity contribution in [2.24, 2.45) is 0 Å². The van der Waals surface area contributed by atoms with E-state index >= 15 is 0 Å². The van der Waals surface area contributed by atoms with Crippen LogP contribution in [0.1, 0.15) is 5.56 Å². The van der Waals surface area contributed by atoms with Crippen molar-refractivity contribution in [1.82, 2.24) is 0 Å². The summed E-state index contributed by atoms with van der Waals surface area (Å²) in [6, 6.07) is 5.48. The quantitative estimate of drug-likeness (QED) is 0.639. The van der Waals surface area contributed by atoms with Gasteiger partial charge in [0.15, 0.2) is 11.5 Å². The van der Waals surface area contributed by atoms with E-state index in [4.69, 9.17) is 9.47 Å². The summed E-state index contributed by atoms with van der Waals surface area (Å²) in [7, 11) is 0. The van der Waals surface area contributed by atoms with Gasteiger partial charge in [-0.05, 0) is 23.8 Å². The molecule has 0 fully saturated rings. The number of ether oxygens (including phenoxy) is 2. The van der Waals surface area contributed by atoms with Crippen molar-refractivity contribution >= 4 is 12.4 Å². The fourth-order valence-corrected chi connectivity index (χ4v) is 1.15. The molecule has 0 N–H and O–H groups in total. The average molecular weight is 175 g/mol. The minimum absolute atomic E-state index is 0.266. The zero-order chi connectivity index (χ0) is 9.10. The van der Waals surface area contributed by atoms with Gasteiger partial charge < -0.3 is 9.47 Å². The van der Waals surface area contributed by atoms with Gasteiger partial charge in [-0.25, -0.2) is 0 Å². The second-order valence-electron chi connectivity index (χ2n) is 2.56. The average Bonchev–Trinajstić information content (AvgIpc) is 2.61. The first-order valence-corrected chi connectivity index (χ1v) is 3.84. The molecule has 1 aromatic rings. The topological polar surface area (TPSA) is 35.5 Å². The van der Waals surface area contributed by atoms with Crippen LogP contribution in [-0.4, -0.2) is 13.1 Å². The lowest BCUT2D eigenvalue weighted by atomic mass is 10.2. The van der Waals surface area contributed by atoms with Crippen molar-refractivity contribution in [1.29, 1.82) is 0 Å². The standard InChI is InChI=1S/C10H7O3/c11-5-1-2-8-3-4-9-10(6-8)13-7-12-9/h1-4,6H,7H2. The van der Waals surface area contributed by atoms with Crippen molar-refractivity contribution in [3.05, 3.63) is 29.8 Å². The van der Waals surface area contributed by atoms with Gasteiger partial charge in [-0.15, -0.1) is 0 Å². The summed E-state index contributed by atoms with van der Waals surface area (Å²) in [5, 5.41) is 0. The monoisotopic (exact) mass is 175 g/mol. The number of hydrogen-bond donors (Lipinski definition) is 0. The van der Waals surface area contributed by atoms with Gasteiger partial charge in [0.2, 0.25) is 13.1 Å². The van der Waals surface area contributed by atoms with E-state index in [1.54, 1.807) is 12.4 Å². The number of hydrogen-bond acceptors (Lipinski definition) is 3. The van der Waals surface area contributed by atoms with E-state index in [0.29, 0.717) is 5.75 Å². The van der Waals surface area contributed by atoms with Gasteiger partial charge in [0.05, 0.1) is 0 Å². The van der Waals surface area contributed by atoms with Crippen molar-refractivity contribution in [2.45, 2.75) is 0 Å². The van der Waals surface area contributed by atoms with Crippen molar-refractivity contribution in [3.8, 4) is 11.5 Å². The van der Waals surface area contributed by atoms with E-state index in [1.807, 2.05) is 18.2 Å². The van der Waals surface area contributed by atoms with E-state index in [1.165, 1.54) is 6.08 Å². The third-order valence-corrected chi connectivity index (χ3v) is 1.74. The third kappa shape index (κ3) is 1.54. The van der Waals surface area contributed by atoms with E-state index in [-0.39, 0.29) is 6.79 Å². The van der Waals surface area contributed by atoms with E-state index < -0.39 is 0 Å². The molecule has 1 radical (unpaired) electrons. The molecule has 0 bridgehead atoms. The Morgan fingerprint density at radius 1 is 1.31 bits per heavy atom. The van der Waals surface area contributed by atoms with Crippen LogP contribution in [0.15, 0.2) is 24.3 Å². The molecule has 0 saturated heterocycles. The molecule has 0 aliphatic carbocycles. The molecular formula is C10H7O3. The molecule has 2 rings (SSSR count). The Morgan fingerprint density at radius 2 is 2.15 bits per heavy atom. The second-order valence-corrected chi connectivity index (χ2v) is 2.56. The minimum atomic E-state index is 0.266. The molecule has 0 saturated carbocycles. The molecule has 1 aliphatic heterocycles. The molecule has 3 nitrogen and oxygen atoms in total. The van der Waals surface area contributed by atoms with Gasteiger partial charge >= 0.3 is 0 Å². The highest BCUT2D eigenvalue weighted by atomic mass is 16.7. The van der Waals surface area contributed by atoms with Crippen LogP contribution in [-0.2, 0) is 4.79 Å². The number of rotatable bonds is 2. The van der Waals surface area contributed by atoms with Crippen molar-refractivity contribution in [3.63, 3.8) is 0 Å². The van der Waals surface area contributed by atoms with Crippen LogP contribution in [0.2, 0.25) is 0 Å². The molecule has 3 heteroatoms. The fraction of sp³-hybridized carbons (Fsp3) is 0.100. The molecule has 0 aromatic heterocycles. The molecule has 1 heterocycles. The van der Waals surface area contributed by atoms with Crippen LogP contribution in [0.25, 0.3) is 6.08 Å². The summed E-state index contributed by atoms with van der Waals surface area (Å²) >= 11 is 0. The number of fused-ring (bicyclic) bond motifs is 1. The van der Waals surface area contributed by atoms with Crippen LogP contribution in [0, 0.1) is 0 Å². The van der Waals surface area contributed by atoms with Gasteiger partial charge in [0, 0.05) is 0 Å². The molecule has 1 aliphatic rings. The SMILES string of the molecule is O=[C]C=Cc1ccc2c(c1)OCO2. The summed E-state index contributed by atoms with van der Waals surface area (Å²) in [5.41, 5.74) is 0.896. The second kappa shape index (κ2) is 3.31. The molecule has 1 aromatic carbocycles. The highest BCUT2D eigenvalue weighted by molar-refractivity contribution is 5.75. The maximum absolute atomic E-state index is 9.94. The van der Waals surface area contributed by atoms with Crippen LogP contribution >= 0.6 is 0 Å². The maximum atomic E-state index is 9.94. The normalized spacial score (nSPS) is 13.5. The Balaban J connectivity index is 2.30. The number of carbonyl (C=O) groups excluding carboxylic acids is 1. The zero-order valence-corrected chi connectivity index (χ0v) is 6.82. The Morgan fingerprint density at radius 3 is 3.00 bits per heavy atom. The van der Waals surface area contributed by atoms with Crippen LogP contribution in [0.4, 0.5) is 0 Å². The number of benzene rings is 1. The van der Waals surface area contributed by atoms with Gasteiger partial charge in [-0.2, -0.15) is 0 Å². The number of allylic oxidation sites excluding steroid dienone is 1. The first kappa shape index (κ1) is 7.86. The van der Waals surface area contributed by atoms with Gasteiger partial charge in [-0.1, -0.05) is 12.1 Å². The molecule has 13 heavy (non-hydrogen) atoms. The Kier molecular flexibility index (Phi) is 2.00. The fourth-order valence-electron chi connectivity index (χ4n) is 1.15. The Labute approximate surface area is 75.6 Å². The highest BCUT2D eigenvalue weighted by Gasteiger charge is 2.11. The molecule has 0 spiro atoms. The lowest BCUT2D eigenvalue weighted by Crippen LogP contribution is -1.92. The molecule has 65 valence electrons. The summed E-state index contributed by atoms with van der Waals surface area (Å²) in [4.78, 5) is 9.94. The zero-order valence-electron chi connectivity index (χ0n) is 6.82. The van der Waals surface area contributed by atoms with Crippen LogP contribution in [0.5, 0.6) is 11.5 Å². The Bertz CT molecular complexity index is 355. The van der Waals surface area contributed by atoms with E-state index in [2.05, 4.69) is 0 Å². The largest absolute Gasteiger partial charge is 0.454 e. The van der Waals surface area contributed by atoms with E-state index in [0.717, 1.165) is 11.3 Å². The molecule has 0 atom stereocenters. The summed E-state index contributed by atoms with van der Waals surface area (Å²) < 4.78 is 10.3. The maximum Gasteiger partial charge on any atom is 0.231 e. The summed E-state index contributed by atoms with van der Waals surface area (Å²) in [6.45, 7) is 0.266. The highest BCUT2D eigenvalue weighted by Crippen LogP contribution is 2.32. The Hall–Kier alpha value is -1.77. The molecule has 0 amide bonds. The first-order chi connectivity index (χ1) is 6.40. The minimum Gasteiger partial charge on any atom is -0.454 e. The summed E-state index contributed by atoms with van der Waals surface area (Å²) in [5.74, 6) is 1.46. The van der Waals surface area contributed by atoms with Crippen LogP contribution < -0.4 is 9.47 Å². The van der Waals surface area contributed by atoms with Crippen LogP contribution in [0.3, 0.4) is 0 Å². The van der Waals surface area contributed by atoms with Gasteiger partial charge in [-0.3, -0.25) is 4.79 Å². The lowest BCUT2D eigenvalue weighted by molar-refractivity contribution is 0.174. The first-order valence-electron chi connectivity index (χ1n) is 3.84. The van der Waals surface area contributed by atoms with Crippen molar-refractivity contribution < 1.29 is 14.3 Å². The third-order valence-electron chi connectivity index (χ3n) is 1.74. The predicted molar refractivity (Wildman–Crippen MR) is 47.3 cm³/mol. The van der Waals surface area contributed by atoms with Gasteiger partial charge in [0.25, 0.3) is 0 Å². The lowest BCUT2D eigenvalue weighted by Gasteiger charge is -1.96. The molecular weight excluding hydrogens is 168 g/mol. The smallest absolute Gasteiger partial charge is 0.231 e. The van der Waals surface area contributed by atoms with Gasteiger partial charge in [0.1, 0.15) is 0 Å².